The van der Waals surface area contributed by atoms with E-state index >= 15 is 0 Å². The van der Waals surface area contributed by atoms with Crippen LogP contribution in [0.15, 0.2) is 30.3 Å². The zero-order valence-corrected chi connectivity index (χ0v) is 9.07. The van der Waals surface area contributed by atoms with Gasteiger partial charge in [0, 0.05) is 0 Å². The summed E-state index contributed by atoms with van der Waals surface area (Å²) in [6.45, 7) is 0.374. The van der Waals surface area contributed by atoms with Gasteiger partial charge in [0.1, 0.15) is 12.7 Å². The molecule has 0 fully saturated rings. The fourth-order valence-electron chi connectivity index (χ4n) is 1.15. The molecule has 0 amide bonds. The van der Waals surface area contributed by atoms with Gasteiger partial charge in [-0.25, -0.2) is 0 Å². The summed E-state index contributed by atoms with van der Waals surface area (Å²) in [5, 5.41) is 18.2. The minimum absolute atomic E-state index is 0.170. The van der Waals surface area contributed by atoms with Gasteiger partial charge in [0.2, 0.25) is 5.88 Å². The largest absolute Gasteiger partial charge is 0.492 e. The lowest BCUT2D eigenvalue weighted by Gasteiger charge is -2.00. The maximum Gasteiger partial charge on any atom is 0.278 e. The van der Waals surface area contributed by atoms with E-state index in [0.717, 1.165) is 16.9 Å². The summed E-state index contributed by atoms with van der Waals surface area (Å²) in [5.74, 6) is -0.268. The number of hydrogen-bond donors (Lipinski definition) is 1. The van der Waals surface area contributed by atoms with Gasteiger partial charge < -0.3 is 9.84 Å². The van der Waals surface area contributed by atoms with Gasteiger partial charge >= 0.3 is 0 Å². The van der Waals surface area contributed by atoms with Crippen molar-refractivity contribution in [3.05, 3.63) is 40.8 Å². The molecule has 0 radical (unpaired) electrons. The smallest absolute Gasteiger partial charge is 0.278 e. The third kappa shape index (κ3) is 2.30. The lowest BCUT2D eigenvalue weighted by atomic mass is 10.2. The van der Waals surface area contributed by atoms with Crippen molar-refractivity contribution in [2.24, 2.45) is 0 Å². The number of thiazole rings is 1. The van der Waals surface area contributed by atoms with Crippen molar-refractivity contribution in [3.8, 4) is 17.1 Å². The van der Waals surface area contributed by atoms with Crippen molar-refractivity contribution in [1.29, 1.82) is 5.26 Å². The van der Waals surface area contributed by atoms with Crippen LogP contribution < -0.4 is 4.74 Å². The molecule has 0 aliphatic heterocycles. The fraction of sp³-hybridized carbons (Fsp3) is 0.0909. The van der Waals surface area contributed by atoms with E-state index in [1.54, 1.807) is 0 Å². The Morgan fingerprint density at radius 2 is 2.12 bits per heavy atom. The van der Waals surface area contributed by atoms with Crippen molar-refractivity contribution in [2.45, 2.75) is 6.61 Å². The lowest BCUT2D eigenvalue weighted by molar-refractivity contribution is 0.300. The molecule has 0 saturated carbocycles. The zero-order valence-electron chi connectivity index (χ0n) is 8.25. The highest BCUT2D eigenvalue weighted by Crippen LogP contribution is 2.29. The van der Waals surface area contributed by atoms with Crippen molar-refractivity contribution < 1.29 is 9.84 Å². The summed E-state index contributed by atoms with van der Waals surface area (Å²) >= 11 is 1.03. The van der Waals surface area contributed by atoms with Crippen LogP contribution in [-0.4, -0.2) is 10.1 Å². The van der Waals surface area contributed by atoms with Gasteiger partial charge in [-0.1, -0.05) is 41.7 Å². The molecule has 1 aromatic heterocycles. The van der Waals surface area contributed by atoms with Crippen LogP contribution in [0.2, 0.25) is 0 Å². The lowest BCUT2D eigenvalue weighted by Crippen LogP contribution is -1.93. The molecular formula is C11H8N2O2S. The number of nitriles is 1. The Hall–Kier alpha value is -2.06. The first kappa shape index (κ1) is 10.5. The first-order valence-corrected chi connectivity index (χ1v) is 5.38. The highest BCUT2D eigenvalue weighted by Gasteiger charge is 2.10. The SMILES string of the molecule is N#Cc1sc(OCc2ccccc2)nc1O. The Morgan fingerprint density at radius 3 is 2.75 bits per heavy atom. The van der Waals surface area contributed by atoms with Crippen LogP contribution in [0.25, 0.3) is 0 Å². The molecule has 16 heavy (non-hydrogen) atoms. The molecule has 0 unspecified atom stereocenters. The Labute approximate surface area is 96.4 Å². The molecule has 2 rings (SSSR count). The number of aromatic nitrogens is 1. The molecule has 0 saturated heterocycles. The van der Waals surface area contributed by atoms with Crippen LogP contribution in [0, 0.1) is 11.3 Å². The summed E-state index contributed by atoms with van der Waals surface area (Å²) in [6, 6.07) is 11.5. The topological polar surface area (TPSA) is 66.1 Å². The van der Waals surface area contributed by atoms with Crippen molar-refractivity contribution in [2.75, 3.05) is 0 Å². The van der Waals surface area contributed by atoms with Crippen LogP contribution in [0.4, 0.5) is 0 Å². The number of nitrogens with zero attached hydrogens (tertiary/aromatic N) is 2. The van der Waals surface area contributed by atoms with E-state index in [4.69, 9.17) is 10.00 Å². The van der Waals surface area contributed by atoms with Gasteiger partial charge in [0.15, 0.2) is 4.88 Å². The minimum Gasteiger partial charge on any atom is -0.492 e. The minimum atomic E-state index is -0.268. The summed E-state index contributed by atoms with van der Waals surface area (Å²) in [6.07, 6.45) is 0. The zero-order chi connectivity index (χ0) is 11.4. The standard InChI is InChI=1S/C11H8N2O2S/c12-6-9-10(14)13-11(16-9)15-7-8-4-2-1-3-5-8/h1-5,14H,7H2. The molecule has 2 aromatic rings. The van der Waals surface area contributed by atoms with Crippen molar-refractivity contribution in [1.82, 2.24) is 4.98 Å². The third-order valence-corrected chi connectivity index (χ3v) is 2.76. The first-order valence-electron chi connectivity index (χ1n) is 4.56. The Kier molecular flexibility index (Phi) is 3.03. The molecule has 0 atom stereocenters. The van der Waals surface area contributed by atoms with E-state index in [9.17, 15) is 5.11 Å². The van der Waals surface area contributed by atoms with Crippen molar-refractivity contribution >= 4 is 11.3 Å². The maximum atomic E-state index is 9.23. The second kappa shape index (κ2) is 4.64. The maximum absolute atomic E-state index is 9.23. The average Bonchev–Trinajstić information content (AvgIpc) is 2.69. The monoisotopic (exact) mass is 232 g/mol. The van der Waals surface area contributed by atoms with Crippen LogP contribution in [-0.2, 0) is 6.61 Å². The summed E-state index contributed by atoms with van der Waals surface area (Å²) < 4.78 is 5.35. The van der Waals surface area contributed by atoms with Crippen LogP contribution in [0.5, 0.6) is 11.1 Å². The Balaban J connectivity index is 2.03. The number of aromatic hydroxyl groups is 1. The van der Waals surface area contributed by atoms with Crippen LogP contribution >= 0.6 is 11.3 Å². The fourth-order valence-corrected chi connectivity index (χ4v) is 1.75. The molecule has 0 aliphatic rings. The molecule has 0 spiro atoms. The molecule has 5 heteroatoms. The molecular weight excluding hydrogens is 224 g/mol. The van der Waals surface area contributed by atoms with E-state index in [1.165, 1.54) is 0 Å². The summed E-state index contributed by atoms with van der Waals surface area (Å²) in [5.41, 5.74) is 1.01. The molecule has 1 aromatic carbocycles. The normalized spacial score (nSPS) is 9.69. The Morgan fingerprint density at radius 1 is 1.38 bits per heavy atom. The number of ether oxygens (including phenoxy) is 1. The molecule has 0 aliphatic carbocycles. The second-order valence-corrected chi connectivity index (χ2v) is 3.98. The van der Waals surface area contributed by atoms with Crippen LogP contribution in [0.1, 0.15) is 10.4 Å². The second-order valence-electron chi connectivity index (χ2n) is 3.02. The predicted octanol–water partition coefficient (Wildman–Crippen LogP) is 2.30. The van der Waals surface area contributed by atoms with Gasteiger partial charge in [-0.15, -0.1) is 0 Å². The molecule has 1 heterocycles. The van der Waals surface area contributed by atoms with E-state index in [0.29, 0.717) is 11.8 Å². The Bertz CT molecular complexity index is 517. The van der Waals surface area contributed by atoms with E-state index < -0.39 is 0 Å². The van der Waals surface area contributed by atoms with E-state index in [2.05, 4.69) is 4.98 Å². The summed E-state index contributed by atoms with van der Waals surface area (Å²) in [7, 11) is 0. The number of benzene rings is 1. The highest BCUT2D eigenvalue weighted by molar-refractivity contribution is 7.14. The molecule has 80 valence electrons. The van der Waals surface area contributed by atoms with E-state index in [-0.39, 0.29) is 10.8 Å². The number of rotatable bonds is 3. The van der Waals surface area contributed by atoms with Gasteiger partial charge in [-0.2, -0.15) is 10.2 Å². The van der Waals surface area contributed by atoms with Crippen LogP contribution in [0.3, 0.4) is 0 Å². The van der Waals surface area contributed by atoms with Gasteiger partial charge in [0.25, 0.3) is 5.19 Å². The van der Waals surface area contributed by atoms with Gasteiger partial charge in [0.05, 0.1) is 0 Å². The first-order chi connectivity index (χ1) is 7.79. The average molecular weight is 232 g/mol. The predicted molar refractivity (Wildman–Crippen MR) is 59.3 cm³/mol. The number of hydrogen-bond acceptors (Lipinski definition) is 5. The molecule has 4 nitrogen and oxygen atoms in total. The van der Waals surface area contributed by atoms with Crippen molar-refractivity contribution in [3.63, 3.8) is 0 Å². The van der Waals surface area contributed by atoms with E-state index in [1.807, 2.05) is 36.4 Å². The van der Waals surface area contributed by atoms with Gasteiger partial charge in [-0.05, 0) is 5.56 Å². The summed E-state index contributed by atoms with van der Waals surface area (Å²) in [4.78, 5) is 3.90. The quantitative estimate of drug-likeness (QED) is 0.881. The van der Waals surface area contributed by atoms with Gasteiger partial charge in [-0.3, -0.25) is 0 Å². The highest BCUT2D eigenvalue weighted by atomic mass is 32.1. The molecule has 0 bridgehead atoms. The third-order valence-electron chi connectivity index (χ3n) is 1.90. The molecule has 1 N–H and O–H groups in total.